The Morgan fingerprint density at radius 2 is 2.24 bits per heavy atom. The Kier molecular flexibility index (Phi) is 4.30. The van der Waals surface area contributed by atoms with E-state index < -0.39 is 24.1 Å². The molecule has 3 N–H and O–H groups in total. The van der Waals surface area contributed by atoms with Crippen molar-refractivity contribution in [2.45, 2.75) is 12.6 Å². The Labute approximate surface area is 97.3 Å². The first kappa shape index (κ1) is 13.3. The summed E-state index contributed by atoms with van der Waals surface area (Å²) in [6.45, 7) is -0.651. The van der Waals surface area contributed by atoms with Crippen molar-refractivity contribution in [3.05, 3.63) is 28.2 Å². The SMILES string of the molecule is BOc1c(C(=O)O)n(CC(O)CO)ccc1=O. The maximum Gasteiger partial charge on any atom is 0.356 e. The first-order chi connectivity index (χ1) is 8.01. The Morgan fingerprint density at radius 3 is 2.71 bits per heavy atom. The second-order valence-corrected chi connectivity index (χ2v) is 3.36. The van der Waals surface area contributed by atoms with E-state index in [1.165, 1.54) is 14.2 Å². The smallest absolute Gasteiger partial charge is 0.356 e. The van der Waals surface area contributed by atoms with Gasteiger partial charge in [-0.2, -0.15) is 0 Å². The fourth-order valence-electron chi connectivity index (χ4n) is 1.41. The number of carboxylic acids is 1. The van der Waals surface area contributed by atoms with Crippen molar-refractivity contribution >= 4 is 14.0 Å². The number of aromatic carboxylic acids is 1. The molecule has 0 amide bonds. The second kappa shape index (κ2) is 5.51. The highest BCUT2D eigenvalue weighted by Gasteiger charge is 2.19. The number of carbonyl (C=O) groups is 1. The number of aliphatic hydroxyl groups excluding tert-OH is 2. The highest BCUT2D eigenvalue weighted by atomic mass is 16.4. The molecule has 0 radical (unpaired) electrons. The van der Waals surface area contributed by atoms with Gasteiger partial charge in [-0.3, -0.25) is 4.79 Å². The molecule has 1 unspecified atom stereocenters. The van der Waals surface area contributed by atoms with Crippen molar-refractivity contribution in [1.82, 2.24) is 4.57 Å². The number of pyridine rings is 1. The standard InChI is InChI=1S/C9H12BNO6/c10-17-8-6(14)1-2-11(3-5(13)4-12)7(8)9(15)16/h1-2,5,12-13H,3-4,10H2,(H,15,16). The molecule has 0 saturated carbocycles. The number of aromatic nitrogens is 1. The summed E-state index contributed by atoms with van der Waals surface area (Å²) in [6, 6.07) is 1.13. The van der Waals surface area contributed by atoms with E-state index in [0.29, 0.717) is 0 Å². The lowest BCUT2D eigenvalue weighted by atomic mass is 10.2. The third-order valence-corrected chi connectivity index (χ3v) is 2.16. The van der Waals surface area contributed by atoms with Crippen LogP contribution < -0.4 is 10.1 Å². The van der Waals surface area contributed by atoms with Gasteiger partial charge in [0.1, 0.15) is 0 Å². The summed E-state index contributed by atoms with van der Waals surface area (Å²) in [5, 5.41) is 27.0. The molecular weight excluding hydrogens is 229 g/mol. The predicted molar refractivity (Wildman–Crippen MR) is 59.9 cm³/mol. The second-order valence-electron chi connectivity index (χ2n) is 3.36. The monoisotopic (exact) mass is 241 g/mol. The third-order valence-electron chi connectivity index (χ3n) is 2.16. The van der Waals surface area contributed by atoms with E-state index in [1.807, 2.05) is 0 Å². The van der Waals surface area contributed by atoms with Gasteiger partial charge in [-0.05, 0) is 0 Å². The Bertz CT molecular complexity index is 471. The minimum absolute atomic E-state index is 0.144. The summed E-state index contributed by atoms with van der Waals surface area (Å²) < 4.78 is 5.88. The van der Waals surface area contributed by atoms with Crippen molar-refractivity contribution in [3.63, 3.8) is 0 Å². The van der Waals surface area contributed by atoms with Gasteiger partial charge < -0.3 is 24.5 Å². The summed E-state index contributed by atoms with van der Waals surface area (Å²) >= 11 is 0. The lowest BCUT2D eigenvalue weighted by Crippen LogP contribution is -2.26. The summed E-state index contributed by atoms with van der Waals surface area (Å²) in [5.41, 5.74) is -0.910. The van der Waals surface area contributed by atoms with Crippen molar-refractivity contribution in [1.29, 1.82) is 0 Å². The highest BCUT2D eigenvalue weighted by molar-refractivity contribution is 6.01. The molecule has 0 spiro atoms. The number of aliphatic hydroxyl groups is 2. The van der Waals surface area contributed by atoms with E-state index in [-0.39, 0.29) is 18.0 Å². The Hall–Kier alpha value is -1.80. The molecule has 1 atom stereocenters. The maximum absolute atomic E-state index is 11.4. The zero-order valence-electron chi connectivity index (χ0n) is 9.16. The van der Waals surface area contributed by atoms with Crippen LogP contribution in [0.15, 0.2) is 17.1 Å². The minimum Gasteiger partial charge on any atom is -0.564 e. The van der Waals surface area contributed by atoms with Gasteiger partial charge in [0.25, 0.3) is 0 Å². The first-order valence-corrected chi connectivity index (χ1v) is 4.81. The Balaban J connectivity index is 3.30. The lowest BCUT2D eigenvalue weighted by molar-refractivity contribution is 0.0648. The molecule has 0 fully saturated rings. The van der Waals surface area contributed by atoms with Gasteiger partial charge in [-0.1, -0.05) is 0 Å². The molecule has 1 aromatic heterocycles. The van der Waals surface area contributed by atoms with Gasteiger partial charge in [0.2, 0.25) is 5.43 Å². The molecule has 8 heteroatoms. The van der Waals surface area contributed by atoms with E-state index >= 15 is 0 Å². The zero-order chi connectivity index (χ0) is 13.0. The molecule has 0 saturated heterocycles. The summed E-state index contributed by atoms with van der Waals surface area (Å²) in [7, 11) is 1.19. The Morgan fingerprint density at radius 1 is 1.59 bits per heavy atom. The summed E-state index contributed by atoms with van der Waals surface area (Å²) in [4.78, 5) is 22.4. The maximum atomic E-state index is 11.4. The number of hydrogen-bond acceptors (Lipinski definition) is 5. The van der Waals surface area contributed by atoms with Crippen LogP contribution in [0.3, 0.4) is 0 Å². The fourth-order valence-corrected chi connectivity index (χ4v) is 1.41. The van der Waals surface area contributed by atoms with Gasteiger partial charge >= 0.3 is 14.0 Å². The number of rotatable bonds is 5. The molecular formula is C9H12BNO6. The van der Waals surface area contributed by atoms with Crippen molar-refractivity contribution in [2.75, 3.05) is 6.61 Å². The molecule has 1 heterocycles. The molecule has 0 aliphatic carbocycles. The van der Waals surface area contributed by atoms with Gasteiger partial charge in [0.05, 0.1) is 19.3 Å². The van der Waals surface area contributed by atoms with Crippen LogP contribution in [-0.2, 0) is 6.54 Å². The first-order valence-electron chi connectivity index (χ1n) is 4.81. The number of hydrogen-bond donors (Lipinski definition) is 3. The van der Waals surface area contributed by atoms with Crippen LogP contribution in [0.4, 0.5) is 0 Å². The summed E-state index contributed by atoms with van der Waals surface area (Å²) in [6.07, 6.45) is 0.119. The highest BCUT2D eigenvalue weighted by Crippen LogP contribution is 2.13. The fraction of sp³-hybridized carbons (Fsp3) is 0.333. The molecule has 0 bridgehead atoms. The molecule has 7 nitrogen and oxygen atoms in total. The van der Waals surface area contributed by atoms with E-state index in [4.69, 9.17) is 14.9 Å². The normalized spacial score (nSPS) is 12.1. The molecule has 0 aromatic carbocycles. The van der Waals surface area contributed by atoms with Crippen LogP contribution >= 0.6 is 0 Å². The van der Waals surface area contributed by atoms with Crippen LogP contribution in [0, 0.1) is 0 Å². The average Bonchev–Trinajstić information content (AvgIpc) is 2.30. The lowest BCUT2D eigenvalue weighted by Gasteiger charge is -2.15. The topological polar surface area (TPSA) is 109 Å². The van der Waals surface area contributed by atoms with Crippen LogP contribution in [0.2, 0.25) is 0 Å². The van der Waals surface area contributed by atoms with E-state index in [1.54, 1.807) is 0 Å². The van der Waals surface area contributed by atoms with Crippen LogP contribution in [-0.4, -0.2) is 46.6 Å². The predicted octanol–water partition coefficient (Wildman–Crippen LogP) is -2.17. The minimum atomic E-state index is -1.34. The van der Waals surface area contributed by atoms with Gasteiger partial charge in [-0.15, -0.1) is 0 Å². The molecule has 0 aliphatic heterocycles. The van der Waals surface area contributed by atoms with E-state index in [9.17, 15) is 14.7 Å². The number of carboxylic acid groups (broad SMARTS) is 1. The van der Waals surface area contributed by atoms with Crippen molar-refractivity contribution < 1.29 is 24.8 Å². The average molecular weight is 241 g/mol. The van der Waals surface area contributed by atoms with E-state index in [0.717, 1.165) is 10.6 Å². The largest absolute Gasteiger partial charge is 0.564 e. The van der Waals surface area contributed by atoms with E-state index in [2.05, 4.69) is 0 Å². The molecule has 1 rings (SSSR count). The third kappa shape index (κ3) is 2.86. The van der Waals surface area contributed by atoms with Crippen molar-refractivity contribution in [3.8, 4) is 5.75 Å². The van der Waals surface area contributed by atoms with Crippen LogP contribution in [0.5, 0.6) is 5.75 Å². The van der Waals surface area contributed by atoms with Crippen molar-refractivity contribution in [2.24, 2.45) is 0 Å². The quantitative estimate of drug-likeness (QED) is 0.506. The van der Waals surface area contributed by atoms with Crippen LogP contribution in [0.1, 0.15) is 10.5 Å². The summed E-state index contributed by atoms with van der Waals surface area (Å²) in [5.74, 6) is -1.64. The van der Waals surface area contributed by atoms with Gasteiger partial charge in [0, 0.05) is 12.3 Å². The molecule has 1 aromatic rings. The molecule has 17 heavy (non-hydrogen) atoms. The van der Waals surface area contributed by atoms with Crippen LogP contribution in [0.25, 0.3) is 0 Å². The zero-order valence-corrected chi connectivity index (χ0v) is 9.16. The van der Waals surface area contributed by atoms with Gasteiger partial charge in [-0.25, -0.2) is 4.79 Å². The number of nitrogens with zero attached hydrogens (tertiary/aromatic N) is 1. The molecule has 92 valence electrons. The van der Waals surface area contributed by atoms with Gasteiger partial charge in [0.15, 0.2) is 11.4 Å². The molecule has 0 aliphatic rings.